The molecule has 0 N–H and O–H groups in total. The minimum atomic E-state index is -0.0838. The summed E-state index contributed by atoms with van der Waals surface area (Å²) >= 11 is 0. The van der Waals surface area contributed by atoms with Crippen LogP contribution in [0.25, 0.3) is 0 Å². The number of hydrogen-bond donors (Lipinski definition) is 0. The van der Waals surface area contributed by atoms with Crippen LogP contribution < -0.4 is 4.90 Å². The van der Waals surface area contributed by atoms with E-state index in [4.69, 9.17) is 0 Å². The van der Waals surface area contributed by atoms with Crippen LogP contribution in [0.2, 0.25) is 0 Å². The van der Waals surface area contributed by atoms with Gasteiger partial charge in [0.1, 0.15) is 0 Å². The van der Waals surface area contributed by atoms with Crippen molar-refractivity contribution in [2.75, 3.05) is 38.1 Å². The van der Waals surface area contributed by atoms with E-state index in [-0.39, 0.29) is 11.9 Å². The van der Waals surface area contributed by atoms with E-state index in [1.165, 1.54) is 22.4 Å². The highest BCUT2D eigenvalue weighted by molar-refractivity contribution is 5.81. The molecule has 1 aliphatic heterocycles. The largest absolute Gasteiger partial charge is 0.369 e. The summed E-state index contributed by atoms with van der Waals surface area (Å²) in [5.74, 6) is 0.194. The molecule has 27 heavy (non-hydrogen) atoms. The van der Waals surface area contributed by atoms with E-state index in [2.05, 4.69) is 54.0 Å². The quantitative estimate of drug-likeness (QED) is 0.812. The highest BCUT2D eigenvalue weighted by Gasteiger charge is 2.28. The number of amides is 1. The van der Waals surface area contributed by atoms with Crippen LogP contribution in [0.5, 0.6) is 0 Å². The lowest BCUT2D eigenvalue weighted by Gasteiger charge is -2.40. The molecule has 1 heterocycles. The summed E-state index contributed by atoms with van der Waals surface area (Å²) in [5, 5.41) is 0. The number of piperazine rings is 1. The molecule has 2 aromatic carbocycles. The van der Waals surface area contributed by atoms with Crippen molar-refractivity contribution in [3.05, 3.63) is 65.2 Å². The zero-order chi connectivity index (χ0) is 19.4. The molecule has 0 radical (unpaired) electrons. The third-order valence-corrected chi connectivity index (χ3v) is 5.77. The van der Waals surface area contributed by atoms with Crippen molar-refractivity contribution in [2.24, 2.45) is 0 Å². The molecule has 144 valence electrons. The minimum Gasteiger partial charge on any atom is -0.369 e. The van der Waals surface area contributed by atoms with E-state index in [9.17, 15) is 4.79 Å². The van der Waals surface area contributed by atoms with Gasteiger partial charge in [0.15, 0.2) is 0 Å². The summed E-state index contributed by atoms with van der Waals surface area (Å²) in [7, 11) is 1.90. The molecule has 0 spiro atoms. The molecule has 1 atom stereocenters. The number of likely N-dealkylation sites (N-methyl/N-ethyl adjacent to an activating group) is 1. The van der Waals surface area contributed by atoms with E-state index < -0.39 is 0 Å². The maximum absolute atomic E-state index is 12.9. The molecule has 1 fully saturated rings. The number of anilines is 1. The van der Waals surface area contributed by atoms with Gasteiger partial charge < -0.3 is 9.80 Å². The summed E-state index contributed by atoms with van der Waals surface area (Å²) in [6, 6.07) is 16.6. The zero-order valence-corrected chi connectivity index (χ0v) is 17.0. The molecule has 4 heteroatoms. The third kappa shape index (κ3) is 4.51. The van der Waals surface area contributed by atoms with Crippen molar-refractivity contribution in [1.29, 1.82) is 0 Å². The first kappa shape index (κ1) is 19.4. The van der Waals surface area contributed by atoms with Crippen LogP contribution in [0.4, 0.5) is 5.69 Å². The number of carbonyl (C=O) groups excluding carboxylic acids is 1. The van der Waals surface area contributed by atoms with Gasteiger partial charge in [-0.3, -0.25) is 9.69 Å². The maximum Gasteiger partial charge on any atom is 0.239 e. The molecule has 1 amide bonds. The van der Waals surface area contributed by atoms with Gasteiger partial charge in [-0.05, 0) is 43.5 Å². The van der Waals surface area contributed by atoms with Crippen LogP contribution in [0, 0.1) is 13.8 Å². The second-order valence-electron chi connectivity index (χ2n) is 7.60. The Morgan fingerprint density at radius 3 is 2.33 bits per heavy atom. The second kappa shape index (κ2) is 8.57. The van der Waals surface area contributed by atoms with Gasteiger partial charge in [0.05, 0.1) is 6.04 Å². The van der Waals surface area contributed by atoms with Gasteiger partial charge in [0.2, 0.25) is 5.91 Å². The van der Waals surface area contributed by atoms with E-state index in [0.717, 1.165) is 26.2 Å². The standard InChI is InChI=1S/C23H31N3O/c1-18-9-8-12-22(19(18)2)26-15-13-25(14-16-26)20(3)23(27)24(4)17-21-10-6-5-7-11-21/h5-12,20H,13-17H2,1-4H3. The normalized spacial score (nSPS) is 16.2. The topological polar surface area (TPSA) is 26.8 Å². The van der Waals surface area contributed by atoms with Gasteiger partial charge >= 0.3 is 0 Å². The second-order valence-corrected chi connectivity index (χ2v) is 7.60. The molecule has 1 saturated heterocycles. The van der Waals surface area contributed by atoms with Crippen LogP contribution in [0.1, 0.15) is 23.6 Å². The number of rotatable bonds is 5. The lowest BCUT2D eigenvalue weighted by Crippen LogP contribution is -2.54. The molecule has 2 aromatic rings. The summed E-state index contributed by atoms with van der Waals surface area (Å²) in [6.07, 6.45) is 0. The monoisotopic (exact) mass is 365 g/mol. The summed E-state index contributed by atoms with van der Waals surface area (Å²) in [5.41, 5.74) is 5.19. The molecule has 1 aliphatic rings. The molecular weight excluding hydrogens is 334 g/mol. The Bertz CT molecular complexity index is 766. The van der Waals surface area contributed by atoms with Gasteiger partial charge in [-0.1, -0.05) is 42.5 Å². The first-order chi connectivity index (χ1) is 13.0. The predicted octanol–water partition coefficient (Wildman–Crippen LogP) is 3.47. The average Bonchev–Trinajstić information content (AvgIpc) is 2.70. The van der Waals surface area contributed by atoms with Crippen molar-refractivity contribution in [3.8, 4) is 0 Å². The number of nitrogens with zero attached hydrogens (tertiary/aromatic N) is 3. The summed E-state index contributed by atoms with van der Waals surface area (Å²) < 4.78 is 0. The first-order valence-corrected chi connectivity index (χ1v) is 9.81. The summed E-state index contributed by atoms with van der Waals surface area (Å²) in [6.45, 7) is 10.8. The van der Waals surface area contributed by atoms with E-state index >= 15 is 0 Å². The molecule has 1 unspecified atom stereocenters. The smallest absolute Gasteiger partial charge is 0.239 e. The van der Waals surface area contributed by atoms with Gasteiger partial charge in [0, 0.05) is 45.5 Å². The Balaban J connectivity index is 1.57. The van der Waals surface area contributed by atoms with Crippen LogP contribution in [-0.2, 0) is 11.3 Å². The average molecular weight is 366 g/mol. The van der Waals surface area contributed by atoms with Crippen LogP contribution in [-0.4, -0.2) is 55.0 Å². The third-order valence-electron chi connectivity index (χ3n) is 5.77. The lowest BCUT2D eigenvalue weighted by atomic mass is 10.1. The van der Waals surface area contributed by atoms with Crippen LogP contribution in [0.3, 0.4) is 0 Å². The summed E-state index contributed by atoms with van der Waals surface area (Å²) in [4.78, 5) is 19.5. The predicted molar refractivity (Wildman–Crippen MR) is 112 cm³/mol. The highest BCUT2D eigenvalue weighted by atomic mass is 16.2. The Labute approximate surface area is 163 Å². The van der Waals surface area contributed by atoms with Crippen molar-refractivity contribution >= 4 is 11.6 Å². The maximum atomic E-state index is 12.9. The number of carbonyl (C=O) groups is 1. The van der Waals surface area contributed by atoms with E-state index in [0.29, 0.717) is 6.54 Å². The number of benzene rings is 2. The molecular formula is C23H31N3O. The highest BCUT2D eigenvalue weighted by Crippen LogP contribution is 2.24. The Hall–Kier alpha value is -2.33. The fraction of sp³-hybridized carbons (Fsp3) is 0.435. The molecule has 0 bridgehead atoms. The van der Waals surface area contributed by atoms with E-state index in [1.807, 2.05) is 37.1 Å². The Kier molecular flexibility index (Phi) is 6.17. The molecule has 0 aromatic heterocycles. The molecule has 0 aliphatic carbocycles. The number of hydrogen-bond acceptors (Lipinski definition) is 3. The lowest BCUT2D eigenvalue weighted by molar-refractivity contribution is -0.135. The fourth-order valence-corrected chi connectivity index (χ4v) is 3.84. The Morgan fingerprint density at radius 1 is 1.00 bits per heavy atom. The van der Waals surface area contributed by atoms with Crippen LogP contribution >= 0.6 is 0 Å². The molecule has 4 nitrogen and oxygen atoms in total. The zero-order valence-electron chi connectivity index (χ0n) is 17.0. The molecule has 3 rings (SSSR count). The molecule has 0 saturated carbocycles. The SMILES string of the molecule is Cc1cccc(N2CCN(C(C)C(=O)N(C)Cc3ccccc3)CC2)c1C. The van der Waals surface area contributed by atoms with Crippen molar-refractivity contribution < 1.29 is 4.79 Å². The Morgan fingerprint density at radius 2 is 1.67 bits per heavy atom. The van der Waals surface area contributed by atoms with Gasteiger partial charge in [-0.2, -0.15) is 0 Å². The van der Waals surface area contributed by atoms with Gasteiger partial charge in [-0.15, -0.1) is 0 Å². The van der Waals surface area contributed by atoms with Crippen molar-refractivity contribution in [1.82, 2.24) is 9.80 Å². The van der Waals surface area contributed by atoms with Gasteiger partial charge in [-0.25, -0.2) is 0 Å². The van der Waals surface area contributed by atoms with Gasteiger partial charge in [0.25, 0.3) is 0 Å². The minimum absolute atomic E-state index is 0.0838. The van der Waals surface area contributed by atoms with E-state index in [1.54, 1.807) is 0 Å². The van der Waals surface area contributed by atoms with Crippen molar-refractivity contribution in [3.63, 3.8) is 0 Å². The fourth-order valence-electron chi connectivity index (χ4n) is 3.84. The number of aryl methyl sites for hydroxylation is 1. The first-order valence-electron chi connectivity index (χ1n) is 9.81. The van der Waals surface area contributed by atoms with Crippen molar-refractivity contribution in [2.45, 2.75) is 33.4 Å². The van der Waals surface area contributed by atoms with Crippen LogP contribution in [0.15, 0.2) is 48.5 Å².